The number of nitrogens with zero attached hydrogens (tertiary/aromatic N) is 1. The van der Waals surface area contributed by atoms with Crippen LogP contribution in [-0.4, -0.2) is 35.9 Å². The maximum Gasteiger partial charge on any atom is 0.272 e. The third-order valence-electron chi connectivity index (χ3n) is 5.10. The molecule has 1 aromatic heterocycles. The third kappa shape index (κ3) is 3.05. The highest BCUT2D eigenvalue weighted by molar-refractivity contribution is 5.94. The van der Waals surface area contributed by atoms with Crippen LogP contribution in [0.4, 0.5) is 4.39 Å². The molecule has 2 aliphatic heterocycles. The summed E-state index contributed by atoms with van der Waals surface area (Å²) in [7, 11) is 0. The Labute approximate surface area is 145 Å². The van der Waals surface area contributed by atoms with Crippen LogP contribution in [0.2, 0.25) is 0 Å². The number of benzene rings is 1. The predicted molar refractivity (Wildman–Crippen MR) is 89.6 cm³/mol. The highest BCUT2D eigenvalue weighted by atomic mass is 19.1. The van der Waals surface area contributed by atoms with Crippen molar-refractivity contribution in [2.75, 3.05) is 19.8 Å². The van der Waals surface area contributed by atoms with Crippen molar-refractivity contribution in [2.45, 2.75) is 31.3 Å². The second kappa shape index (κ2) is 6.57. The first kappa shape index (κ1) is 16.2. The number of carbonyl (C=O) groups excluding carboxylic acids is 1. The Hall–Kier alpha value is -2.25. The smallest absolute Gasteiger partial charge is 0.272 e. The van der Waals surface area contributed by atoms with E-state index < -0.39 is 5.54 Å². The maximum absolute atomic E-state index is 13.8. The third-order valence-corrected chi connectivity index (χ3v) is 5.10. The molecular formula is C18H21FN4O2. The molecule has 1 fully saturated rings. The monoisotopic (exact) mass is 344 g/mol. The van der Waals surface area contributed by atoms with Gasteiger partial charge in [-0.1, -0.05) is 12.1 Å². The first-order valence-electron chi connectivity index (χ1n) is 8.61. The molecule has 3 N–H and O–H groups in total. The molecular weight excluding hydrogens is 323 g/mol. The van der Waals surface area contributed by atoms with Gasteiger partial charge in [0.1, 0.15) is 5.82 Å². The minimum atomic E-state index is -0.634. The van der Waals surface area contributed by atoms with Crippen molar-refractivity contribution in [1.82, 2.24) is 20.8 Å². The van der Waals surface area contributed by atoms with E-state index in [2.05, 4.69) is 20.8 Å². The fourth-order valence-electron chi connectivity index (χ4n) is 3.68. The van der Waals surface area contributed by atoms with Crippen LogP contribution < -0.4 is 10.6 Å². The number of halogens is 1. The number of amides is 1. The summed E-state index contributed by atoms with van der Waals surface area (Å²) in [6.45, 7) is 2.56. The lowest BCUT2D eigenvalue weighted by Gasteiger charge is -2.38. The summed E-state index contributed by atoms with van der Waals surface area (Å²) < 4.78 is 19.2. The van der Waals surface area contributed by atoms with Crippen LogP contribution in [0.3, 0.4) is 0 Å². The molecule has 1 amide bonds. The zero-order valence-corrected chi connectivity index (χ0v) is 13.9. The van der Waals surface area contributed by atoms with Gasteiger partial charge in [-0.15, -0.1) is 0 Å². The molecule has 0 aliphatic carbocycles. The average Bonchev–Trinajstić information content (AvgIpc) is 3.07. The van der Waals surface area contributed by atoms with E-state index in [9.17, 15) is 9.18 Å². The summed E-state index contributed by atoms with van der Waals surface area (Å²) in [6, 6.07) is 6.44. The zero-order chi connectivity index (χ0) is 17.3. The van der Waals surface area contributed by atoms with Gasteiger partial charge in [-0.05, 0) is 30.5 Å². The Balaban J connectivity index is 1.65. The van der Waals surface area contributed by atoms with Crippen molar-refractivity contribution in [3.05, 3.63) is 52.6 Å². The summed E-state index contributed by atoms with van der Waals surface area (Å²) in [4.78, 5) is 13.0. The number of nitrogens with one attached hydrogen (secondary N) is 3. The first-order valence-corrected chi connectivity index (χ1v) is 8.61. The summed E-state index contributed by atoms with van der Waals surface area (Å²) in [5.41, 5.74) is 2.49. The van der Waals surface area contributed by atoms with Crippen LogP contribution in [0.25, 0.3) is 0 Å². The number of fused-ring (bicyclic) bond motifs is 1. The van der Waals surface area contributed by atoms with Crippen LogP contribution in [0.1, 0.15) is 40.2 Å². The van der Waals surface area contributed by atoms with Crippen molar-refractivity contribution in [2.24, 2.45) is 0 Å². The van der Waals surface area contributed by atoms with Crippen molar-refractivity contribution >= 4 is 5.91 Å². The molecule has 7 heteroatoms. The molecule has 0 atom stereocenters. The summed E-state index contributed by atoms with van der Waals surface area (Å²) >= 11 is 0. The van der Waals surface area contributed by atoms with Gasteiger partial charge < -0.3 is 15.4 Å². The van der Waals surface area contributed by atoms with E-state index in [1.54, 1.807) is 6.07 Å². The van der Waals surface area contributed by atoms with Crippen LogP contribution in [0, 0.1) is 5.82 Å². The number of carbonyl (C=O) groups is 1. The van der Waals surface area contributed by atoms with E-state index in [1.807, 2.05) is 6.07 Å². The van der Waals surface area contributed by atoms with E-state index in [0.717, 1.165) is 29.8 Å². The fraction of sp³-hybridized carbons (Fsp3) is 0.444. The molecule has 2 aromatic rings. The molecule has 0 spiro atoms. The number of hydrogen-bond donors (Lipinski definition) is 3. The van der Waals surface area contributed by atoms with Gasteiger partial charge in [-0.2, -0.15) is 5.10 Å². The minimum absolute atomic E-state index is 0.229. The Bertz CT molecular complexity index is 783. The number of aromatic nitrogens is 2. The van der Waals surface area contributed by atoms with Gasteiger partial charge in [0.2, 0.25) is 0 Å². The van der Waals surface area contributed by atoms with Crippen molar-refractivity contribution in [3.63, 3.8) is 0 Å². The minimum Gasteiger partial charge on any atom is -0.381 e. The molecule has 6 nitrogen and oxygen atoms in total. The van der Waals surface area contributed by atoms with Gasteiger partial charge in [0.05, 0.1) is 5.54 Å². The highest BCUT2D eigenvalue weighted by Gasteiger charge is 2.37. The summed E-state index contributed by atoms with van der Waals surface area (Å²) in [5, 5.41) is 13.6. The van der Waals surface area contributed by atoms with Crippen LogP contribution in [0.5, 0.6) is 0 Å². The van der Waals surface area contributed by atoms with Gasteiger partial charge in [-0.25, -0.2) is 4.39 Å². The zero-order valence-electron chi connectivity index (χ0n) is 13.9. The summed E-state index contributed by atoms with van der Waals surface area (Å²) in [5.74, 6) is -0.536. The number of H-pyrrole nitrogens is 1. The normalized spacial score (nSPS) is 19.2. The molecule has 25 heavy (non-hydrogen) atoms. The largest absolute Gasteiger partial charge is 0.381 e. The Morgan fingerprint density at radius 2 is 2.16 bits per heavy atom. The first-order chi connectivity index (χ1) is 12.2. The van der Waals surface area contributed by atoms with E-state index in [1.165, 1.54) is 12.1 Å². The van der Waals surface area contributed by atoms with Crippen molar-refractivity contribution in [3.8, 4) is 0 Å². The Morgan fingerprint density at radius 1 is 1.32 bits per heavy atom. The van der Waals surface area contributed by atoms with Gasteiger partial charge >= 0.3 is 0 Å². The number of hydrogen-bond acceptors (Lipinski definition) is 4. The molecule has 1 saturated heterocycles. The van der Waals surface area contributed by atoms with Crippen LogP contribution in [-0.2, 0) is 23.2 Å². The molecule has 3 heterocycles. The molecule has 2 aliphatic rings. The molecule has 4 rings (SSSR count). The topological polar surface area (TPSA) is 79.0 Å². The average molecular weight is 344 g/mol. The van der Waals surface area contributed by atoms with E-state index >= 15 is 0 Å². The highest BCUT2D eigenvalue weighted by Crippen LogP contribution is 2.33. The molecule has 0 radical (unpaired) electrons. The lowest BCUT2D eigenvalue weighted by atomic mass is 9.82. The molecule has 132 valence electrons. The molecule has 1 aromatic carbocycles. The molecule has 0 bridgehead atoms. The maximum atomic E-state index is 13.8. The number of aromatic amines is 1. The number of ether oxygens (including phenoxy) is 1. The Morgan fingerprint density at radius 3 is 2.96 bits per heavy atom. The second-order valence-corrected chi connectivity index (χ2v) is 6.62. The van der Waals surface area contributed by atoms with Gasteiger partial charge in [0.15, 0.2) is 5.69 Å². The lowest BCUT2D eigenvalue weighted by molar-refractivity contribution is 0.0342. The van der Waals surface area contributed by atoms with E-state index in [-0.39, 0.29) is 11.7 Å². The molecule has 0 unspecified atom stereocenters. The standard InChI is InChI=1S/C18H21FN4O2/c19-13-3-1-2-12(10-13)18(5-8-25-9-6-18)21-17(24)16-14-11-20-7-4-15(14)22-23-16/h1-3,10,20H,4-9,11H2,(H,21,24)(H,22,23). The van der Waals surface area contributed by atoms with Gasteiger partial charge in [-0.3, -0.25) is 9.89 Å². The van der Waals surface area contributed by atoms with Crippen LogP contribution in [0.15, 0.2) is 24.3 Å². The van der Waals surface area contributed by atoms with E-state index in [4.69, 9.17) is 4.74 Å². The van der Waals surface area contributed by atoms with Gasteiger partial charge in [0, 0.05) is 44.0 Å². The lowest BCUT2D eigenvalue weighted by Crippen LogP contribution is -2.50. The van der Waals surface area contributed by atoms with Crippen LogP contribution >= 0.6 is 0 Å². The Kier molecular flexibility index (Phi) is 4.27. The molecule has 0 saturated carbocycles. The SMILES string of the molecule is O=C(NC1(c2cccc(F)c2)CCOCC1)c1n[nH]c2c1CNCC2. The predicted octanol–water partition coefficient (Wildman–Crippen LogP) is 1.63. The van der Waals surface area contributed by atoms with E-state index in [0.29, 0.717) is 38.3 Å². The number of rotatable bonds is 3. The van der Waals surface area contributed by atoms with Crippen molar-refractivity contribution < 1.29 is 13.9 Å². The second-order valence-electron chi connectivity index (χ2n) is 6.62. The quantitative estimate of drug-likeness (QED) is 0.791. The van der Waals surface area contributed by atoms with Crippen molar-refractivity contribution in [1.29, 1.82) is 0 Å². The summed E-state index contributed by atoms with van der Waals surface area (Å²) in [6.07, 6.45) is 2.04. The van der Waals surface area contributed by atoms with Gasteiger partial charge in [0.25, 0.3) is 5.91 Å². The fourth-order valence-corrected chi connectivity index (χ4v) is 3.68.